The first-order chi connectivity index (χ1) is 8.26. The van der Waals surface area contributed by atoms with Crippen molar-refractivity contribution in [3.8, 4) is 0 Å². The lowest BCUT2D eigenvalue weighted by Gasteiger charge is -2.44. The maximum absolute atomic E-state index is 6.31. The van der Waals surface area contributed by atoms with E-state index in [0.717, 1.165) is 18.9 Å². The van der Waals surface area contributed by atoms with Gasteiger partial charge in [-0.1, -0.05) is 42.1 Å². The van der Waals surface area contributed by atoms with Crippen LogP contribution in [0.5, 0.6) is 0 Å². The molecule has 5 unspecified atom stereocenters. The number of alkyl halides is 1. The minimum atomic E-state index is 0.277. The second-order valence-electron chi connectivity index (χ2n) is 5.34. The van der Waals surface area contributed by atoms with Gasteiger partial charge in [-0.3, -0.25) is 0 Å². The van der Waals surface area contributed by atoms with Crippen LogP contribution in [-0.2, 0) is 9.47 Å². The van der Waals surface area contributed by atoms with Crippen LogP contribution < -0.4 is 0 Å². The molecule has 0 saturated heterocycles. The fourth-order valence-corrected chi connectivity index (χ4v) is 3.97. The zero-order chi connectivity index (χ0) is 12.3. The van der Waals surface area contributed by atoms with Crippen LogP contribution in [0.2, 0.25) is 0 Å². The van der Waals surface area contributed by atoms with E-state index in [4.69, 9.17) is 9.47 Å². The Bertz CT molecular complexity index is 234. The van der Waals surface area contributed by atoms with E-state index in [-0.39, 0.29) is 6.10 Å². The van der Waals surface area contributed by atoms with Crippen molar-refractivity contribution in [3.05, 3.63) is 0 Å². The van der Waals surface area contributed by atoms with E-state index in [9.17, 15) is 0 Å². The standard InChI is InChI=1S/C14H25BrO2/c1-3-10-7-5-6-8-12(10)17-13-9-11(15)14(13)16-4-2/h10-14H,3-9H2,1-2H3. The molecule has 0 aliphatic heterocycles. The summed E-state index contributed by atoms with van der Waals surface area (Å²) in [5.41, 5.74) is 0. The fourth-order valence-electron chi connectivity index (χ4n) is 3.11. The highest BCUT2D eigenvalue weighted by atomic mass is 79.9. The van der Waals surface area contributed by atoms with Crippen molar-refractivity contribution in [3.63, 3.8) is 0 Å². The average Bonchev–Trinajstić information content (AvgIpc) is 2.36. The summed E-state index contributed by atoms with van der Waals surface area (Å²) in [5.74, 6) is 0.778. The summed E-state index contributed by atoms with van der Waals surface area (Å²) in [5, 5.41) is 0. The third-order valence-corrected chi connectivity index (χ3v) is 5.15. The molecule has 0 radical (unpaired) electrons. The largest absolute Gasteiger partial charge is 0.375 e. The molecular weight excluding hydrogens is 280 g/mol. The van der Waals surface area contributed by atoms with Gasteiger partial charge in [0.15, 0.2) is 0 Å². The molecule has 2 aliphatic rings. The fraction of sp³-hybridized carbons (Fsp3) is 1.00. The Hall–Kier alpha value is 0.400. The highest BCUT2D eigenvalue weighted by molar-refractivity contribution is 9.09. The predicted molar refractivity (Wildman–Crippen MR) is 73.7 cm³/mol. The highest BCUT2D eigenvalue weighted by Crippen LogP contribution is 2.37. The lowest BCUT2D eigenvalue weighted by molar-refractivity contribution is -0.161. The van der Waals surface area contributed by atoms with Gasteiger partial charge in [-0.25, -0.2) is 0 Å². The molecule has 0 amide bonds. The summed E-state index contributed by atoms with van der Waals surface area (Å²) in [6.45, 7) is 5.14. The van der Waals surface area contributed by atoms with Crippen LogP contribution in [0, 0.1) is 5.92 Å². The van der Waals surface area contributed by atoms with Crippen LogP contribution in [0.15, 0.2) is 0 Å². The maximum atomic E-state index is 6.31. The van der Waals surface area contributed by atoms with Gasteiger partial charge in [-0.15, -0.1) is 0 Å². The van der Waals surface area contributed by atoms with Gasteiger partial charge in [0.05, 0.1) is 18.3 Å². The van der Waals surface area contributed by atoms with Gasteiger partial charge in [-0.05, 0) is 32.1 Å². The van der Waals surface area contributed by atoms with E-state index in [1.165, 1.54) is 32.1 Å². The molecular formula is C14H25BrO2. The van der Waals surface area contributed by atoms with Gasteiger partial charge in [0.1, 0.15) is 0 Å². The second kappa shape index (κ2) is 6.53. The lowest BCUT2D eigenvalue weighted by Crippen LogP contribution is -2.53. The molecule has 100 valence electrons. The number of ether oxygens (including phenoxy) is 2. The van der Waals surface area contributed by atoms with E-state index < -0.39 is 0 Å². The summed E-state index contributed by atoms with van der Waals surface area (Å²) in [6, 6.07) is 0. The van der Waals surface area contributed by atoms with Crippen molar-refractivity contribution in [2.45, 2.75) is 75.5 Å². The predicted octanol–water partition coefficient (Wildman–Crippen LogP) is 3.91. The van der Waals surface area contributed by atoms with Crippen molar-refractivity contribution in [1.82, 2.24) is 0 Å². The third-order valence-electron chi connectivity index (χ3n) is 4.25. The lowest BCUT2D eigenvalue weighted by atomic mass is 9.83. The average molecular weight is 305 g/mol. The molecule has 0 aromatic heterocycles. The van der Waals surface area contributed by atoms with E-state index >= 15 is 0 Å². The van der Waals surface area contributed by atoms with E-state index in [1.54, 1.807) is 0 Å². The van der Waals surface area contributed by atoms with Crippen LogP contribution in [0.4, 0.5) is 0 Å². The molecule has 0 heterocycles. The minimum Gasteiger partial charge on any atom is -0.375 e. The van der Waals surface area contributed by atoms with Crippen molar-refractivity contribution >= 4 is 15.9 Å². The van der Waals surface area contributed by atoms with Crippen molar-refractivity contribution < 1.29 is 9.47 Å². The smallest absolute Gasteiger partial charge is 0.0962 e. The first kappa shape index (κ1) is 13.8. The van der Waals surface area contributed by atoms with Gasteiger partial charge >= 0.3 is 0 Å². The number of hydrogen-bond acceptors (Lipinski definition) is 2. The Morgan fingerprint density at radius 1 is 1.12 bits per heavy atom. The topological polar surface area (TPSA) is 18.5 Å². The Kier molecular flexibility index (Phi) is 5.31. The Balaban J connectivity index is 1.83. The van der Waals surface area contributed by atoms with Crippen LogP contribution in [0.1, 0.15) is 52.4 Å². The second-order valence-corrected chi connectivity index (χ2v) is 6.51. The normalized spacial score (nSPS) is 42.2. The molecule has 3 heteroatoms. The summed E-state index contributed by atoms with van der Waals surface area (Å²) >= 11 is 3.66. The van der Waals surface area contributed by atoms with Gasteiger partial charge < -0.3 is 9.47 Å². The molecule has 0 N–H and O–H groups in total. The zero-order valence-electron chi connectivity index (χ0n) is 11.0. The van der Waals surface area contributed by atoms with Gasteiger partial charge in [0, 0.05) is 11.4 Å². The van der Waals surface area contributed by atoms with Crippen molar-refractivity contribution in [2.24, 2.45) is 5.92 Å². The first-order valence-corrected chi connectivity index (χ1v) is 8.09. The van der Waals surface area contributed by atoms with Crippen molar-refractivity contribution in [1.29, 1.82) is 0 Å². The van der Waals surface area contributed by atoms with Gasteiger partial charge in [0.2, 0.25) is 0 Å². The van der Waals surface area contributed by atoms with Crippen LogP contribution in [0.25, 0.3) is 0 Å². The SMILES string of the molecule is CCOC1C(Br)CC1OC1CCCCC1CC. The maximum Gasteiger partial charge on any atom is 0.0962 e. The molecule has 0 spiro atoms. The number of rotatable bonds is 5. The summed E-state index contributed by atoms with van der Waals surface area (Å²) in [6.07, 6.45) is 8.79. The summed E-state index contributed by atoms with van der Waals surface area (Å²) < 4.78 is 12.1. The molecule has 17 heavy (non-hydrogen) atoms. The number of halogens is 1. The highest BCUT2D eigenvalue weighted by Gasteiger charge is 2.43. The van der Waals surface area contributed by atoms with E-state index in [1.807, 2.05) is 0 Å². The Morgan fingerprint density at radius 3 is 2.53 bits per heavy atom. The molecule has 2 nitrogen and oxygen atoms in total. The molecule has 2 rings (SSSR count). The first-order valence-electron chi connectivity index (χ1n) is 7.17. The number of hydrogen-bond donors (Lipinski definition) is 0. The Labute approximate surface area is 114 Å². The Morgan fingerprint density at radius 2 is 1.88 bits per heavy atom. The molecule has 0 bridgehead atoms. The third kappa shape index (κ3) is 3.24. The van der Waals surface area contributed by atoms with Crippen LogP contribution in [0.3, 0.4) is 0 Å². The molecule has 5 atom stereocenters. The molecule has 2 aliphatic carbocycles. The molecule has 0 aromatic carbocycles. The summed E-state index contributed by atoms with van der Waals surface area (Å²) in [7, 11) is 0. The quantitative estimate of drug-likeness (QED) is 0.717. The molecule has 2 fully saturated rings. The van der Waals surface area contributed by atoms with Gasteiger partial charge in [-0.2, -0.15) is 0 Å². The van der Waals surface area contributed by atoms with Crippen LogP contribution in [-0.4, -0.2) is 29.7 Å². The van der Waals surface area contributed by atoms with Crippen molar-refractivity contribution in [2.75, 3.05) is 6.61 Å². The van der Waals surface area contributed by atoms with E-state index in [2.05, 4.69) is 29.8 Å². The molecule has 0 aromatic rings. The van der Waals surface area contributed by atoms with Crippen LogP contribution >= 0.6 is 15.9 Å². The monoisotopic (exact) mass is 304 g/mol. The zero-order valence-corrected chi connectivity index (χ0v) is 12.6. The van der Waals surface area contributed by atoms with E-state index in [0.29, 0.717) is 17.0 Å². The summed E-state index contributed by atoms with van der Waals surface area (Å²) in [4.78, 5) is 0.496. The minimum absolute atomic E-state index is 0.277. The molecule has 2 saturated carbocycles. The van der Waals surface area contributed by atoms with Gasteiger partial charge in [0.25, 0.3) is 0 Å².